The maximum absolute atomic E-state index is 12.8. The van der Waals surface area contributed by atoms with Crippen LogP contribution in [0.5, 0.6) is 0 Å². The van der Waals surface area contributed by atoms with Gasteiger partial charge in [0, 0.05) is 17.0 Å². The summed E-state index contributed by atoms with van der Waals surface area (Å²) in [7, 11) is 0. The van der Waals surface area contributed by atoms with Crippen LogP contribution in [-0.2, 0) is 24.2 Å². The van der Waals surface area contributed by atoms with E-state index in [0.29, 0.717) is 22.3 Å². The highest BCUT2D eigenvalue weighted by Gasteiger charge is 2.21. The lowest BCUT2D eigenvalue weighted by atomic mass is 9.97. The smallest absolute Gasteiger partial charge is 0.235 e. The standard InChI is InChI=1S/C25H27N5OS2/c1-3-14-30-23(18-11-9-8-10-17(18)2)28-29-25(30)32-16-22(31)27-24-20(15-26)19-12-6-4-5-7-13-21(19)33-24/h3,8-11H,1,4-7,12-14,16H2,2H3,(H,27,31). The molecule has 0 saturated heterocycles. The molecule has 4 rings (SSSR count). The molecule has 0 radical (unpaired) electrons. The highest BCUT2D eigenvalue weighted by molar-refractivity contribution is 7.99. The van der Waals surface area contributed by atoms with E-state index in [9.17, 15) is 10.1 Å². The number of carbonyl (C=O) groups is 1. The first-order valence-electron chi connectivity index (χ1n) is 11.2. The number of aryl methyl sites for hydroxylation is 2. The molecule has 1 N–H and O–H groups in total. The zero-order valence-corrected chi connectivity index (χ0v) is 20.4. The molecular weight excluding hydrogens is 450 g/mol. The lowest BCUT2D eigenvalue weighted by Gasteiger charge is -2.09. The van der Waals surface area contributed by atoms with E-state index in [0.717, 1.165) is 48.2 Å². The molecule has 6 nitrogen and oxygen atoms in total. The van der Waals surface area contributed by atoms with Crippen LogP contribution in [0.25, 0.3) is 11.4 Å². The van der Waals surface area contributed by atoms with Crippen molar-refractivity contribution in [2.45, 2.75) is 57.1 Å². The topological polar surface area (TPSA) is 83.6 Å². The van der Waals surface area contributed by atoms with Crippen molar-refractivity contribution < 1.29 is 4.79 Å². The predicted octanol–water partition coefficient (Wildman–Crippen LogP) is 5.76. The molecule has 3 aromatic rings. The highest BCUT2D eigenvalue weighted by Crippen LogP contribution is 2.36. The monoisotopic (exact) mass is 477 g/mol. The number of amides is 1. The Hall–Kier alpha value is -2.89. The van der Waals surface area contributed by atoms with Gasteiger partial charge in [-0.3, -0.25) is 9.36 Å². The number of thiophene rings is 1. The number of anilines is 1. The van der Waals surface area contributed by atoms with E-state index >= 15 is 0 Å². The van der Waals surface area contributed by atoms with E-state index < -0.39 is 0 Å². The molecule has 0 spiro atoms. The first-order valence-corrected chi connectivity index (χ1v) is 13.0. The number of nitriles is 1. The average molecular weight is 478 g/mol. The molecular formula is C25H27N5OS2. The predicted molar refractivity (Wildman–Crippen MR) is 135 cm³/mol. The fraction of sp³-hybridized carbons (Fsp3) is 0.360. The Morgan fingerprint density at radius 1 is 1.27 bits per heavy atom. The number of benzene rings is 1. The van der Waals surface area contributed by atoms with Gasteiger partial charge in [0.2, 0.25) is 5.91 Å². The highest BCUT2D eigenvalue weighted by atomic mass is 32.2. The molecule has 0 saturated carbocycles. The Labute approximate surface area is 202 Å². The summed E-state index contributed by atoms with van der Waals surface area (Å²) in [5.41, 5.74) is 3.91. The van der Waals surface area contributed by atoms with Crippen LogP contribution in [0.2, 0.25) is 0 Å². The minimum Gasteiger partial charge on any atom is -0.316 e. The van der Waals surface area contributed by atoms with Gasteiger partial charge < -0.3 is 5.32 Å². The summed E-state index contributed by atoms with van der Waals surface area (Å²) in [4.78, 5) is 14.0. The van der Waals surface area contributed by atoms with E-state index in [1.54, 1.807) is 17.4 Å². The first kappa shape index (κ1) is 23.3. The maximum atomic E-state index is 12.8. The van der Waals surface area contributed by atoms with E-state index in [4.69, 9.17) is 0 Å². The zero-order chi connectivity index (χ0) is 23.2. The summed E-state index contributed by atoms with van der Waals surface area (Å²) in [5, 5.41) is 22.8. The van der Waals surface area contributed by atoms with Crippen molar-refractivity contribution in [2.24, 2.45) is 0 Å². The quantitative estimate of drug-likeness (QED) is 0.345. The third kappa shape index (κ3) is 5.21. The Kier molecular flexibility index (Phi) is 7.63. The van der Waals surface area contributed by atoms with Gasteiger partial charge in [-0.25, -0.2) is 0 Å². The molecule has 1 amide bonds. The van der Waals surface area contributed by atoms with Crippen LogP contribution < -0.4 is 5.32 Å². The van der Waals surface area contributed by atoms with Crippen LogP contribution in [0.1, 0.15) is 47.3 Å². The second-order valence-corrected chi connectivity index (χ2v) is 10.1. The van der Waals surface area contributed by atoms with Crippen LogP contribution in [0, 0.1) is 18.3 Å². The molecule has 1 aromatic carbocycles. The van der Waals surface area contributed by atoms with Crippen molar-refractivity contribution in [3.05, 3.63) is 58.5 Å². The summed E-state index contributed by atoms with van der Waals surface area (Å²) in [5.74, 6) is 0.813. The number of carbonyl (C=O) groups excluding carboxylic acids is 1. The minimum atomic E-state index is -0.142. The van der Waals surface area contributed by atoms with Crippen molar-refractivity contribution in [1.29, 1.82) is 5.26 Å². The fourth-order valence-corrected chi connectivity index (χ4v) is 6.13. The van der Waals surface area contributed by atoms with E-state index in [2.05, 4.69) is 28.2 Å². The first-order chi connectivity index (χ1) is 16.1. The number of aromatic nitrogens is 3. The van der Waals surface area contributed by atoms with Gasteiger partial charge in [0.15, 0.2) is 11.0 Å². The number of nitrogens with one attached hydrogen (secondary N) is 1. The number of nitrogens with zero attached hydrogens (tertiary/aromatic N) is 4. The number of thioether (sulfide) groups is 1. The molecule has 2 heterocycles. The molecule has 0 aliphatic heterocycles. The van der Waals surface area contributed by atoms with E-state index in [1.165, 1.54) is 29.5 Å². The Balaban J connectivity index is 1.49. The van der Waals surface area contributed by atoms with Gasteiger partial charge in [-0.1, -0.05) is 54.9 Å². The third-order valence-electron chi connectivity index (χ3n) is 5.78. The minimum absolute atomic E-state index is 0.142. The Morgan fingerprint density at radius 2 is 2.06 bits per heavy atom. The number of hydrogen-bond acceptors (Lipinski definition) is 6. The SMILES string of the molecule is C=CCn1c(SCC(=O)Nc2sc3c(c2C#N)CCCCCC3)nnc1-c1ccccc1C. The zero-order valence-electron chi connectivity index (χ0n) is 18.8. The molecule has 170 valence electrons. The molecule has 1 aliphatic rings. The molecule has 8 heteroatoms. The van der Waals surface area contributed by atoms with Gasteiger partial charge in [0.05, 0.1) is 11.3 Å². The van der Waals surface area contributed by atoms with Crippen molar-refractivity contribution in [3.8, 4) is 17.5 Å². The summed E-state index contributed by atoms with van der Waals surface area (Å²) in [6.45, 7) is 6.45. The lowest BCUT2D eigenvalue weighted by Crippen LogP contribution is -2.14. The van der Waals surface area contributed by atoms with Crippen LogP contribution in [0.3, 0.4) is 0 Å². The molecule has 0 fully saturated rings. The number of hydrogen-bond donors (Lipinski definition) is 1. The Morgan fingerprint density at radius 3 is 2.82 bits per heavy atom. The second-order valence-electron chi connectivity index (χ2n) is 8.09. The van der Waals surface area contributed by atoms with Crippen LogP contribution >= 0.6 is 23.1 Å². The van der Waals surface area contributed by atoms with Gasteiger partial charge in [-0.15, -0.1) is 28.1 Å². The lowest BCUT2D eigenvalue weighted by molar-refractivity contribution is -0.113. The van der Waals surface area contributed by atoms with Crippen LogP contribution in [-0.4, -0.2) is 26.4 Å². The van der Waals surface area contributed by atoms with Crippen LogP contribution in [0.4, 0.5) is 5.00 Å². The van der Waals surface area contributed by atoms with Crippen molar-refractivity contribution in [2.75, 3.05) is 11.1 Å². The largest absolute Gasteiger partial charge is 0.316 e. The average Bonchev–Trinajstić information content (AvgIpc) is 3.33. The second kappa shape index (κ2) is 10.8. The third-order valence-corrected chi connectivity index (χ3v) is 7.96. The fourth-order valence-electron chi connectivity index (χ4n) is 4.13. The van der Waals surface area contributed by atoms with E-state index in [1.807, 2.05) is 35.8 Å². The van der Waals surface area contributed by atoms with Gasteiger partial charge in [-0.2, -0.15) is 5.26 Å². The number of fused-ring (bicyclic) bond motifs is 1. The number of allylic oxidation sites excluding steroid dienone is 1. The van der Waals surface area contributed by atoms with E-state index in [-0.39, 0.29) is 11.7 Å². The Bertz CT molecular complexity index is 1200. The van der Waals surface area contributed by atoms with Crippen molar-refractivity contribution in [3.63, 3.8) is 0 Å². The summed E-state index contributed by atoms with van der Waals surface area (Å²) in [6, 6.07) is 10.4. The van der Waals surface area contributed by atoms with Crippen molar-refractivity contribution in [1.82, 2.24) is 14.8 Å². The molecule has 2 aromatic heterocycles. The van der Waals surface area contributed by atoms with Crippen LogP contribution in [0.15, 0.2) is 42.1 Å². The molecule has 0 atom stereocenters. The van der Waals surface area contributed by atoms with Gasteiger partial charge in [-0.05, 0) is 43.7 Å². The summed E-state index contributed by atoms with van der Waals surface area (Å²) >= 11 is 2.91. The number of rotatable bonds is 7. The van der Waals surface area contributed by atoms with Crippen molar-refractivity contribution >= 4 is 34.0 Å². The summed E-state index contributed by atoms with van der Waals surface area (Å²) in [6.07, 6.45) is 8.39. The maximum Gasteiger partial charge on any atom is 0.235 e. The molecule has 0 bridgehead atoms. The molecule has 33 heavy (non-hydrogen) atoms. The van der Waals surface area contributed by atoms with Gasteiger partial charge in [0.1, 0.15) is 11.1 Å². The summed E-state index contributed by atoms with van der Waals surface area (Å²) < 4.78 is 1.98. The normalized spacial score (nSPS) is 13.5. The van der Waals surface area contributed by atoms with Gasteiger partial charge in [0.25, 0.3) is 0 Å². The van der Waals surface area contributed by atoms with Gasteiger partial charge >= 0.3 is 0 Å². The molecule has 0 unspecified atom stereocenters. The molecule has 1 aliphatic carbocycles.